The van der Waals surface area contributed by atoms with Crippen molar-refractivity contribution in [3.63, 3.8) is 0 Å². The van der Waals surface area contributed by atoms with Crippen molar-refractivity contribution < 1.29 is 5.11 Å². The van der Waals surface area contributed by atoms with Crippen molar-refractivity contribution in [2.45, 2.75) is 13.0 Å². The molecule has 0 aliphatic rings. The number of hydrogen-bond donors (Lipinski definition) is 1. The summed E-state index contributed by atoms with van der Waals surface area (Å²) in [4.78, 5) is 4.46. The van der Waals surface area contributed by atoms with Crippen LogP contribution in [0.5, 0.6) is 0 Å². The number of para-hydroxylation sites is 1. The van der Waals surface area contributed by atoms with Crippen LogP contribution in [0.25, 0.3) is 17.1 Å². The summed E-state index contributed by atoms with van der Waals surface area (Å²) >= 11 is 0. The van der Waals surface area contributed by atoms with E-state index in [9.17, 15) is 5.11 Å². The van der Waals surface area contributed by atoms with Crippen molar-refractivity contribution >= 4 is 0 Å². The van der Waals surface area contributed by atoms with Gasteiger partial charge in [-0.2, -0.15) is 0 Å². The predicted octanol–water partition coefficient (Wildman–Crippen LogP) is 2.99. The van der Waals surface area contributed by atoms with Gasteiger partial charge in [0.25, 0.3) is 0 Å². The fourth-order valence-electron chi connectivity index (χ4n) is 2.06. The number of aliphatic hydroxyl groups is 1. The molecule has 0 aliphatic carbocycles. The van der Waals surface area contributed by atoms with E-state index in [1.807, 2.05) is 60.7 Å². The summed E-state index contributed by atoms with van der Waals surface area (Å²) in [5.74, 6) is 1.15. The Morgan fingerprint density at radius 1 is 0.950 bits per heavy atom. The van der Waals surface area contributed by atoms with Crippen molar-refractivity contribution in [2.24, 2.45) is 0 Å². The molecule has 1 atom stereocenters. The third-order valence-electron chi connectivity index (χ3n) is 3.04. The van der Waals surface area contributed by atoms with Crippen LogP contribution in [0.2, 0.25) is 0 Å². The Hall–Kier alpha value is -2.46. The standard InChI is InChI=1S/C16H15N3O/c1-12(20)16-17-15(13-8-4-2-5-9-13)18-19(16)14-10-6-3-7-11-14/h2-12,20H,1H3. The largest absolute Gasteiger partial charge is 0.385 e. The first-order valence-corrected chi connectivity index (χ1v) is 6.51. The van der Waals surface area contributed by atoms with E-state index in [-0.39, 0.29) is 0 Å². The molecule has 4 nitrogen and oxygen atoms in total. The molecular formula is C16H15N3O. The Balaban J connectivity index is 2.13. The van der Waals surface area contributed by atoms with E-state index in [1.54, 1.807) is 11.6 Å². The molecule has 0 spiro atoms. The van der Waals surface area contributed by atoms with E-state index >= 15 is 0 Å². The molecule has 4 heteroatoms. The molecule has 1 N–H and O–H groups in total. The Bertz CT molecular complexity index is 690. The van der Waals surface area contributed by atoms with Crippen molar-refractivity contribution in [1.29, 1.82) is 0 Å². The summed E-state index contributed by atoms with van der Waals surface area (Å²) in [5.41, 5.74) is 1.82. The maximum atomic E-state index is 9.90. The smallest absolute Gasteiger partial charge is 0.181 e. The zero-order valence-electron chi connectivity index (χ0n) is 11.1. The van der Waals surface area contributed by atoms with Crippen LogP contribution in [-0.4, -0.2) is 19.9 Å². The Morgan fingerprint density at radius 2 is 1.55 bits per heavy atom. The number of aromatic nitrogens is 3. The van der Waals surface area contributed by atoms with Gasteiger partial charge in [0, 0.05) is 5.56 Å². The highest BCUT2D eigenvalue weighted by molar-refractivity contribution is 5.54. The molecule has 2 aromatic carbocycles. The maximum Gasteiger partial charge on any atom is 0.181 e. The molecule has 0 bridgehead atoms. The Morgan fingerprint density at radius 3 is 2.15 bits per heavy atom. The third kappa shape index (κ3) is 2.33. The molecule has 1 heterocycles. The minimum Gasteiger partial charge on any atom is -0.385 e. The quantitative estimate of drug-likeness (QED) is 0.792. The fraction of sp³-hybridized carbons (Fsp3) is 0.125. The first kappa shape index (κ1) is 12.6. The van der Waals surface area contributed by atoms with Crippen molar-refractivity contribution in [3.8, 4) is 17.1 Å². The highest BCUT2D eigenvalue weighted by atomic mass is 16.3. The maximum absolute atomic E-state index is 9.90. The van der Waals surface area contributed by atoms with E-state index in [0.29, 0.717) is 11.6 Å². The van der Waals surface area contributed by atoms with E-state index in [0.717, 1.165) is 11.3 Å². The van der Waals surface area contributed by atoms with E-state index in [2.05, 4.69) is 10.1 Å². The van der Waals surface area contributed by atoms with Gasteiger partial charge in [-0.25, -0.2) is 9.67 Å². The summed E-state index contributed by atoms with van der Waals surface area (Å²) in [6, 6.07) is 19.4. The molecule has 0 saturated carbocycles. The van der Waals surface area contributed by atoms with Crippen molar-refractivity contribution in [3.05, 3.63) is 66.5 Å². The highest BCUT2D eigenvalue weighted by Crippen LogP contribution is 2.21. The Labute approximate surface area is 117 Å². The summed E-state index contributed by atoms with van der Waals surface area (Å²) in [6.07, 6.45) is -0.680. The number of aliphatic hydroxyl groups excluding tert-OH is 1. The zero-order valence-corrected chi connectivity index (χ0v) is 11.1. The van der Waals surface area contributed by atoms with Crippen molar-refractivity contribution in [2.75, 3.05) is 0 Å². The fourth-order valence-corrected chi connectivity index (χ4v) is 2.06. The predicted molar refractivity (Wildman–Crippen MR) is 77.4 cm³/mol. The van der Waals surface area contributed by atoms with Crippen LogP contribution in [0, 0.1) is 0 Å². The lowest BCUT2D eigenvalue weighted by molar-refractivity contribution is 0.186. The minimum absolute atomic E-state index is 0.537. The van der Waals surface area contributed by atoms with Crippen LogP contribution in [0.1, 0.15) is 18.9 Å². The van der Waals surface area contributed by atoms with E-state index in [1.165, 1.54) is 0 Å². The molecule has 1 aromatic heterocycles. The van der Waals surface area contributed by atoms with Gasteiger partial charge in [0.05, 0.1) is 5.69 Å². The second kappa shape index (κ2) is 5.27. The van der Waals surface area contributed by atoms with Crippen molar-refractivity contribution in [1.82, 2.24) is 14.8 Å². The topological polar surface area (TPSA) is 50.9 Å². The average molecular weight is 265 g/mol. The number of hydrogen-bond acceptors (Lipinski definition) is 3. The highest BCUT2D eigenvalue weighted by Gasteiger charge is 2.16. The molecule has 0 fully saturated rings. The first-order valence-electron chi connectivity index (χ1n) is 6.51. The second-order valence-corrected chi connectivity index (χ2v) is 4.58. The van der Waals surface area contributed by atoms with Gasteiger partial charge in [0.15, 0.2) is 11.6 Å². The molecule has 100 valence electrons. The number of rotatable bonds is 3. The molecule has 1 unspecified atom stereocenters. The second-order valence-electron chi connectivity index (χ2n) is 4.58. The molecule has 3 rings (SSSR count). The molecular weight excluding hydrogens is 250 g/mol. The van der Waals surface area contributed by atoms with Crippen LogP contribution in [-0.2, 0) is 0 Å². The summed E-state index contributed by atoms with van der Waals surface area (Å²) in [7, 11) is 0. The Kier molecular flexibility index (Phi) is 3.31. The molecule has 0 radical (unpaired) electrons. The molecule has 20 heavy (non-hydrogen) atoms. The van der Waals surface area contributed by atoms with Gasteiger partial charge in [-0.1, -0.05) is 48.5 Å². The average Bonchev–Trinajstić information content (AvgIpc) is 2.94. The van der Waals surface area contributed by atoms with Crippen LogP contribution < -0.4 is 0 Å². The minimum atomic E-state index is -0.680. The van der Waals surface area contributed by atoms with Crippen LogP contribution in [0.4, 0.5) is 0 Å². The summed E-state index contributed by atoms with van der Waals surface area (Å²) < 4.78 is 1.69. The van der Waals surface area contributed by atoms with E-state index < -0.39 is 6.10 Å². The van der Waals surface area contributed by atoms with Gasteiger partial charge < -0.3 is 5.11 Å². The van der Waals surface area contributed by atoms with Crippen LogP contribution >= 0.6 is 0 Å². The van der Waals surface area contributed by atoms with Gasteiger partial charge in [0.2, 0.25) is 0 Å². The lowest BCUT2D eigenvalue weighted by Gasteiger charge is -2.06. The number of nitrogens with zero attached hydrogens (tertiary/aromatic N) is 3. The molecule has 3 aromatic rings. The monoisotopic (exact) mass is 265 g/mol. The third-order valence-corrected chi connectivity index (χ3v) is 3.04. The van der Waals surface area contributed by atoms with E-state index in [4.69, 9.17) is 0 Å². The zero-order chi connectivity index (χ0) is 13.9. The van der Waals surface area contributed by atoms with Gasteiger partial charge in [-0.15, -0.1) is 5.10 Å². The SMILES string of the molecule is CC(O)c1nc(-c2ccccc2)nn1-c1ccccc1. The summed E-state index contributed by atoms with van der Waals surface area (Å²) in [5, 5.41) is 14.4. The van der Waals surface area contributed by atoms with Crippen LogP contribution in [0.15, 0.2) is 60.7 Å². The first-order chi connectivity index (χ1) is 9.75. The normalized spacial score (nSPS) is 12.3. The molecule has 0 saturated heterocycles. The van der Waals surface area contributed by atoms with Gasteiger partial charge >= 0.3 is 0 Å². The van der Waals surface area contributed by atoms with Gasteiger partial charge in [-0.05, 0) is 19.1 Å². The number of benzene rings is 2. The van der Waals surface area contributed by atoms with Crippen LogP contribution in [0.3, 0.4) is 0 Å². The molecule has 0 aliphatic heterocycles. The lowest BCUT2D eigenvalue weighted by atomic mass is 10.2. The lowest BCUT2D eigenvalue weighted by Crippen LogP contribution is -2.05. The summed E-state index contributed by atoms with van der Waals surface area (Å²) in [6.45, 7) is 1.69. The molecule has 0 amide bonds. The van der Waals surface area contributed by atoms with Gasteiger partial charge in [0.1, 0.15) is 6.10 Å². The van der Waals surface area contributed by atoms with Gasteiger partial charge in [-0.3, -0.25) is 0 Å².